The molecule has 4 atom stereocenters. The maximum atomic E-state index is 11.1. The van der Waals surface area contributed by atoms with Gasteiger partial charge in [0.1, 0.15) is 0 Å². The first-order chi connectivity index (χ1) is 8.81. The Hall–Kier alpha value is -1.15. The van der Waals surface area contributed by atoms with Crippen molar-refractivity contribution in [1.29, 1.82) is 0 Å². The van der Waals surface area contributed by atoms with Crippen LogP contribution in [0.25, 0.3) is 0 Å². The SMILES string of the molecule is CC(=O)O[C@@H]1[C@H](OC(C)=O)[C@H](Br)OC[C@@H]1OC(C)=O. The van der Waals surface area contributed by atoms with Gasteiger partial charge in [-0.15, -0.1) is 0 Å². The molecule has 1 aliphatic rings. The Morgan fingerprint density at radius 1 is 0.947 bits per heavy atom. The third-order valence-electron chi connectivity index (χ3n) is 2.29. The quantitative estimate of drug-likeness (QED) is 0.421. The number of rotatable bonds is 3. The summed E-state index contributed by atoms with van der Waals surface area (Å²) in [7, 11) is 0. The zero-order valence-corrected chi connectivity index (χ0v) is 12.3. The number of carbonyl (C=O) groups excluding carboxylic acids is 3. The van der Waals surface area contributed by atoms with Crippen LogP contribution < -0.4 is 0 Å². The molecular formula is C11H15BrO7. The van der Waals surface area contributed by atoms with Crippen LogP contribution in [-0.4, -0.2) is 47.8 Å². The van der Waals surface area contributed by atoms with Crippen molar-refractivity contribution in [3.05, 3.63) is 0 Å². The highest BCUT2D eigenvalue weighted by atomic mass is 79.9. The molecule has 1 fully saturated rings. The number of hydrogen-bond donors (Lipinski definition) is 0. The molecule has 8 heteroatoms. The zero-order chi connectivity index (χ0) is 14.6. The van der Waals surface area contributed by atoms with Crippen molar-refractivity contribution in [1.82, 2.24) is 0 Å². The van der Waals surface area contributed by atoms with Crippen LogP contribution in [-0.2, 0) is 33.3 Å². The van der Waals surface area contributed by atoms with Gasteiger partial charge in [0.15, 0.2) is 23.3 Å². The van der Waals surface area contributed by atoms with E-state index in [1.54, 1.807) is 0 Å². The molecule has 0 aromatic rings. The average molecular weight is 339 g/mol. The van der Waals surface area contributed by atoms with Crippen molar-refractivity contribution in [2.75, 3.05) is 6.61 Å². The number of carbonyl (C=O) groups is 3. The van der Waals surface area contributed by atoms with Gasteiger partial charge in [-0.1, -0.05) is 15.9 Å². The lowest BCUT2D eigenvalue weighted by atomic mass is 10.1. The predicted molar refractivity (Wildman–Crippen MR) is 65.3 cm³/mol. The second-order valence-electron chi connectivity index (χ2n) is 3.98. The van der Waals surface area contributed by atoms with E-state index in [9.17, 15) is 14.4 Å². The molecule has 108 valence electrons. The summed E-state index contributed by atoms with van der Waals surface area (Å²) >= 11 is 3.18. The fourth-order valence-corrected chi connectivity index (χ4v) is 2.26. The Balaban J connectivity index is 2.89. The maximum Gasteiger partial charge on any atom is 0.303 e. The summed E-state index contributed by atoms with van der Waals surface area (Å²) in [6.07, 6.45) is -2.62. The van der Waals surface area contributed by atoms with Gasteiger partial charge >= 0.3 is 17.9 Å². The molecule has 0 spiro atoms. The van der Waals surface area contributed by atoms with Crippen LogP contribution in [0.1, 0.15) is 20.8 Å². The van der Waals surface area contributed by atoms with Crippen molar-refractivity contribution in [3.63, 3.8) is 0 Å². The molecule has 19 heavy (non-hydrogen) atoms. The van der Waals surface area contributed by atoms with E-state index >= 15 is 0 Å². The van der Waals surface area contributed by atoms with E-state index in [4.69, 9.17) is 18.9 Å². The molecule has 0 aromatic carbocycles. The molecule has 1 saturated heterocycles. The minimum atomic E-state index is -0.913. The van der Waals surface area contributed by atoms with E-state index in [-0.39, 0.29) is 6.61 Å². The topological polar surface area (TPSA) is 88.1 Å². The van der Waals surface area contributed by atoms with E-state index in [1.807, 2.05) is 0 Å². The van der Waals surface area contributed by atoms with Crippen molar-refractivity contribution in [2.45, 2.75) is 44.1 Å². The normalized spacial score (nSPS) is 30.3. The summed E-state index contributed by atoms with van der Waals surface area (Å²) in [5.41, 5.74) is 0. The van der Waals surface area contributed by atoms with Crippen LogP contribution in [0.3, 0.4) is 0 Å². The summed E-state index contributed by atoms with van der Waals surface area (Å²) in [5, 5.41) is -0.646. The first-order valence-electron chi connectivity index (χ1n) is 5.58. The van der Waals surface area contributed by atoms with E-state index < -0.39 is 41.2 Å². The molecule has 0 aromatic heterocycles. The fourth-order valence-electron chi connectivity index (χ4n) is 1.70. The Bertz CT molecular complexity index is 370. The average Bonchev–Trinajstić information content (AvgIpc) is 2.25. The Kier molecular flexibility index (Phi) is 5.74. The van der Waals surface area contributed by atoms with Gasteiger partial charge in [-0.2, -0.15) is 0 Å². The van der Waals surface area contributed by atoms with Gasteiger partial charge in [-0.05, 0) is 0 Å². The van der Waals surface area contributed by atoms with E-state index in [2.05, 4.69) is 15.9 Å². The molecule has 1 aliphatic heterocycles. The van der Waals surface area contributed by atoms with Gasteiger partial charge in [-0.25, -0.2) is 0 Å². The van der Waals surface area contributed by atoms with Gasteiger partial charge in [0.25, 0.3) is 0 Å². The van der Waals surface area contributed by atoms with Crippen LogP contribution >= 0.6 is 15.9 Å². The van der Waals surface area contributed by atoms with Crippen LogP contribution in [0.5, 0.6) is 0 Å². The molecule has 0 N–H and O–H groups in total. The molecule has 0 unspecified atom stereocenters. The summed E-state index contributed by atoms with van der Waals surface area (Å²) in [5.74, 6) is -1.67. The molecule has 0 bridgehead atoms. The van der Waals surface area contributed by atoms with Gasteiger partial charge in [-0.3, -0.25) is 14.4 Å². The second-order valence-corrected chi connectivity index (χ2v) is 4.88. The lowest BCUT2D eigenvalue weighted by Gasteiger charge is -2.38. The largest absolute Gasteiger partial charge is 0.456 e. The van der Waals surface area contributed by atoms with Crippen LogP contribution in [0, 0.1) is 0 Å². The molecule has 0 saturated carbocycles. The molecule has 0 aliphatic carbocycles. The molecule has 0 amide bonds. The second kappa shape index (κ2) is 6.85. The number of hydrogen-bond acceptors (Lipinski definition) is 7. The highest BCUT2D eigenvalue weighted by molar-refractivity contribution is 9.09. The minimum absolute atomic E-state index is 0.0329. The predicted octanol–water partition coefficient (Wildman–Crippen LogP) is 0.533. The van der Waals surface area contributed by atoms with Crippen molar-refractivity contribution in [3.8, 4) is 0 Å². The first-order valence-corrected chi connectivity index (χ1v) is 6.50. The fraction of sp³-hybridized carbons (Fsp3) is 0.727. The number of ether oxygens (including phenoxy) is 4. The summed E-state index contributed by atoms with van der Waals surface area (Å²) < 4.78 is 20.4. The van der Waals surface area contributed by atoms with E-state index in [1.165, 1.54) is 20.8 Å². The number of halogens is 1. The molecule has 0 radical (unpaired) electrons. The van der Waals surface area contributed by atoms with Crippen molar-refractivity contribution in [2.24, 2.45) is 0 Å². The maximum absolute atomic E-state index is 11.1. The summed E-state index contributed by atoms with van der Waals surface area (Å²) in [6.45, 7) is 3.70. The van der Waals surface area contributed by atoms with Crippen LogP contribution in [0.2, 0.25) is 0 Å². The minimum Gasteiger partial charge on any atom is -0.456 e. The molecule has 1 heterocycles. The number of esters is 3. The first kappa shape index (κ1) is 15.9. The smallest absolute Gasteiger partial charge is 0.303 e. The van der Waals surface area contributed by atoms with Crippen LogP contribution in [0.4, 0.5) is 0 Å². The Morgan fingerprint density at radius 3 is 1.89 bits per heavy atom. The lowest BCUT2D eigenvalue weighted by molar-refractivity contribution is -0.212. The van der Waals surface area contributed by atoms with E-state index in [0.29, 0.717) is 0 Å². The third kappa shape index (κ3) is 4.79. The Morgan fingerprint density at radius 2 is 1.42 bits per heavy atom. The summed E-state index contributed by atoms with van der Waals surface area (Å²) in [4.78, 5) is 33.2. The monoisotopic (exact) mass is 338 g/mol. The van der Waals surface area contributed by atoms with Crippen molar-refractivity contribution < 1.29 is 33.3 Å². The van der Waals surface area contributed by atoms with Crippen molar-refractivity contribution >= 4 is 33.8 Å². The number of alkyl halides is 1. The van der Waals surface area contributed by atoms with Crippen LogP contribution in [0.15, 0.2) is 0 Å². The van der Waals surface area contributed by atoms with E-state index in [0.717, 1.165) is 0 Å². The standard InChI is InChI=1S/C11H15BrO7/c1-5(13)17-8-4-16-11(12)10(19-7(3)15)9(8)18-6(2)14/h8-11H,4H2,1-3H3/t8-,9-,10-,11+/m0/s1. The van der Waals surface area contributed by atoms with Gasteiger partial charge in [0.2, 0.25) is 0 Å². The molecule has 1 rings (SSSR count). The zero-order valence-electron chi connectivity index (χ0n) is 10.8. The van der Waals surface area contributed by atoms with Gasteiger partial charge in [0, 0.05) is 20.8 Å². The lowest BCUT2D eigenvalue weighted by Crippen LogP contribution is -2.55. The Labute approximate surface area is 118 Å². The molecule has 7 nitrogen and oxygen atoms in total. The summed E-state index contributed by atoms with van der Waals surface area (Å²) in [6, 6.07) is 0. The van der Waals surface area contributed by atoms with Gasteiger partial charge in [0.05, 0.1) is 6.61 Å². The highest BCUT2D eigenvalue weighted by Gasteiger charge is 2.45. The third-order valence-corrected chi connectivity index (χ3v) is 3.08. The molecular weight excluding hydrogens is 324 g/mol. The van der Waals surface area contributed by atoms with Gasteiger partial charge < -0.3 is 18.9 Å². The highest BCUT2D eigenvalue weighted by Crippen LogP contribution is 2.27.